The highest BCUT2D eigenvalue weighted by Crippen LogP contribution is 2.19. The van der Waals surface area contributed by atoms with Gasteiger partial charge in [0.05, 0.1) is 5.69 Å². The van der Waals surface area contributed by atoms with Crippen LogP contribution in [0.15, 0.2) is 60.8 Å². The molecule has 6 nitrogen and oxygen atoms in total. The average Bonchev–Trinajstić information content (AvgIpc) is 3.01. The zero-order valence-corrected chi connectivity index (χ0v) is 16.3. The fraction of sp³-hybridized carbons (Fsp3) is 0.190. The minimum Gasteiger partial charge on any atom is -0.449 e. The second-order valence-corrected chi connectivity index (χ2v) is 6.67. The van der Waals surface area contributed by atoms with Gasteiger partial charge in [-0.3, -0.25) is 9.20 Å². The first-order chi connectivity index (χ1) is 13.5. The fourth-order valence-electron chi connectivity index (χ4n) is 2.79. The number of carbonyl (C=O) groups excluding carboxylic acids is 2. The molecule has 0 N–H and O–H groups in total. The van der Waals surface area contributed by atoms with Crippen LogP contribution < -0.4 is 0 Å². The summed E-state index contributed by atoms with van der Waals surface area (Å²) in [6.07, 6.45) is 3.66. The number of rotatable bonds is 6. The predicted octanol–water partition coefficient (Wildman–Crippen LogP) is 3.59. The maximum absolute atomic E-state index is 12.4. The summed E-state index contributed by atoms with van der Waals surface area (Å²) in [4.78, 5) is 30.3. The maximum Gasteiger partial charge on any atom is 0.331 e. The third kappa shape index (κ3) is 4.58. The van der Waals surface area contributed by atoms with Crippen LogP contribution in [0.2, 0.25) is 5.15 Å². The van der Waals surface area contributed by atoms with E-state index >= 15 is 0 Å². The van der Waals surface area contributed by atoms with Crippen LogP contribution in [0, 0.1) is 0 Å². The van der Waals surface area contributed by atoms with Gasteiger partial charge in [0.2, 0.25) is 0 Å². The van der Waals surface area contributed by atoms with Gasteiger partial charge in [-0.1, -0.05) is 48.0 Å². The number of benzene rings is 1. The number of carbonyl (C=O) groups is 2. The summed E-state index contributed by atoms with van der Waals surface area (Å²) in [7, 11) is 1.67. The Kier molecular flexibility index (Phi) is 6.11. The van der Waals surface area contributed by atoms with E-state index in [1.54, 1.807) is 24.6 Å². The molecule has 2 heterocycles. The zero-order valence-electron chi connectivity index (χ0n) is 15.6. The molecular weight excluding hydrogens is 378 g/mol. The van der Waals surface area contributed by atoms with Crippen molar-refractivity contribution in [1.29, 1.82) is 0 Å². The molecule has 144 valence electrons. The van der Waals surface area contributed by atoms with Crippen molar-refractivity contribution in [1.82, 2.24) is 14.3 Å². The van der Waals surface area contributed by atoms with Crippen LogP contribution in [0.3, 0.4) is 0 Å². The SMILES string of the molecule is C[C@H](OC(=O)/C=C/c1c(Cl)nc2ccccn12)C(=O)N(C)Cc1ccccc1. The number of nitrogens with zero attached hydrogens (tertiary/aromatic N) is 3. The average molecular weight is 398 g/mol. The number of hydrogen-bond donors (Lipinski definition) is 0. The van der Waals surface area contributed by atoms with E-state index in [2.05, 4.69) is 4.98 Å². The summed E-state index contributed by atoms with van der Waals surface area (Å²) in [6, 6.07) is 15.1. The van der Waals surface area contributed by atoms with E-state index in [0.717, 1.165) is 5.56 Å². The molecule has 1 amide bonds. The number of ether oxygens (including phenoxy) is 1. The van der Waals surface area contributed by atoms with Crippen molar-refractivity contribution in [3.05, 3.63) is 77.2 Å². The molecule has 0 saturated heterocycles. The third-order valence-electron chi connectivity index (χ3n) is 4.18. The van der Waals surface area contributed by atoms with Gasteiger partial charge in [0.1, 0.15) is 5.65 Å². The molecule has 7 heteroatoms. The van der Waals surface area contributed by atoms with Gasteiger partial charge < -0.3 is 9.64 Å². The molecular formula is C21H20ClN3O3. The number of likely N-dealkylation sites (N-methyl/N-ethyl adjacent to an activating group) is 1. The molecule has 0 bridgehead atoms. The lowest BCUT2D eigenvalue weighted by atomic mass is 10.2. The summed E-state index contributed by atoms with van der Waals surface area (Å²) in [6.45, 7) is 1.99. The highest BCUT2D eigenvalue weighted by atomic mass is 35.5. The minimum absolute atomic E-state index is 0.279. The van der Waals surface area contributed by atoms with E-state index in [9.17, 15) is 9.59 Å². The number of fused-ring (bicyclic) bond motifs is 1. The first-order valence-corrected chi connectivity index (χ1v) is 9.13. The normalized spacial score (nSPS) is 12.2. The van der Waals surface area contributed by atoms with Crippen LogP contribution in [-0.4, -0.2) is 39.3 Å². The molecule has 0 aliphatic heterocycles. The lowest BCUT2D eigenvalue weighted by Gasteiger charge is -2.21. The monoisotopic (exact) mass is 397 g/mol. The first-order valence-electron chi connectivity index (χ1n) is 8.76. The Labute approximate surface area is 168 Å². The van der Waals surface area contributed by atoms with Crippen LogP contribution in [0.4, 0.5) is 0 Å². The Morgan fingerprint density at radius 3 is 2.68 bits per heavy atom. The van der Waals surface area contributed by atoms with Crippen molar-refractivity contribution in [2.24, 2.45) is 0 Å². The van der Waals surface area contributed by atoms with Crippen LogP contribution in [0.25, 0.3) is 11.7 Å². The molecule has 2 aromatic heterocycles. The van der Waals surface area contributed by atoms with Gasteiger partial charge in [0, 0.05) is 25.9 Å². The lowest BCUT2D eigenvalue weighted by molar-refractivity contribution is -0.154. The van der Waals surface area contributed by atoms with E-state index in [-0.39, 0.29) is 11.1 Å². The highest BCUT2D eigenvalue weighted by molar-refractivity contribution is 6.31. The Balaban J connectivity index is 1.61. The molecule has 0 aliphatic rings. The third-order valence-corrected chi connectivity index (χ3v) is 4.46. The largest absolute Gasteiger partial charge is 0.449 e. The van der Waals surface area contributed by atoms with E-state index in [1.165, 1.54) is 17.1 Å². The number of aromatic nitrogens is 2. The van der Waals surface area contributed by atoms with Crippen LogP contribution in [0.1, 0.15) is 18.2 Å². The Hall–Kier alpha value is -3.12. The summed E-state index contributed by atoms with van der Waals surface area (Å²) in [5.41, 5.74) is 2.24. The minimum atomic E-state index is -0.900. The predicted molar refractivity (Wildman–Crippen MR) is 108 cm³/mol. The van der Waals surface area contributed by atoms with Crippen LogP contribution in [-0.2, 0) is 20.9 Å². The lowest BCUT2D eigenvalue weighted by Crippen LogP contribution is -2.36. The topological polar surface area (TPSA) is 63.9 Å². The molecule has 0 aliphatic carbocycles. The quantitative estimate of drug-likeness (QED) is 0.471. The summed E-state index contributed by atoms with van der Waals surface area (Å²) < 4.78 is 6.99. The number of pyridine rings is 1. The van der Waals surface area contributed by atoms with Gasteiger partial charge in [-0.25, -0.2) is 9.78 Å². The second-order valence-electron chi connectivity index (χ2n) is 6.31. The van der Waals surface area contributed by atoms with Crippen LogP contribution >= 0.6 is 11.6 Å². The van der Waals surface area contributed by atoms with Crippen molar-refractivity contribution in [3.63, 3.8) is 0 Å². The maximum atomic E-state index is 12.4. The van der Waals surface area contributed by atoms with Gasteiger partial charge in [-0.05, 0) is 30.7 Å². The van der Waals surface area contributed by atoms with E-state index in [0.29, 0.717) is 17.9 Å². The molecule has 1 aromatic carbocycles. The molecule has 1 atom stereocenters. The number of esters is 1. The Morgan fingerprint density at radius 2 is 1.93 bits per heavy atom. The van der Waals surface area contributed by atoms with Crippen molar-refractivity contribution < 1.29 is 14.3 Å². The molecule has 28 heavy (non-hydrogen) atoms. The number of halogens is 1. The molecule has 3 rings (SSSR count). The summed E-state index contributed by atoms with van der Waals surface area (Å²) >= 11 is 6.13. The Morgan fingerprint density at radius 1 is 1.21 bits per heavy atom. The van der Waals surface area contributed by atoms with Crippen molar-refractivity contribution >= 4 is 35.2 Å². The number of imidazole rings is 1. The van der Waals surface area contributed by atoms with Gasteiger partial charge in [-0.15, -0.1) is 0 Å². The highest BCUT2D eigenvalue weighted by Gasteiger charge is 2.20. The van der Waals surface area contributed by atoms with Gasteiger partial charge in [0.15, 0.2) is 11.3 Å². The summed E-state index contributed by atoms with van der Waals surface area (Å²) in [5.74, 6) is -0.908. The van der Waals surface area contributed by atoms with Crippen molar-refractivity contribution in [2.75, 3.05) is 7.05 Å². The number of hydrogen-bond acceptors (Lipinski definition) is 4. The number of amides is 1. The summed E-state index contributed by atoms with van der Waals surface area (Å²) in [5, 5.41) is 0.280. The first kappa shape index (κ1) is 19.6. The van der Waals surface area contributed by atoms with Crippen molar-refractivity contribution in [2.45, 2.75) is 19.6 Å². The smallest absolute Gasteiger partial charge is 0.331 e. The molecule has 0 fully saturated rings. The standard InChI is InChI=1S/C21H20ClN3O3/c1-15(21(27)24(2)14-16-8-4-3-5-9-16)28-19(26)12-11-17-20(22)23-18-10-6-7-13-25(17)18/h3-13,15H,14H2,1-2H3/b12-11+/t15-/m0/s1. The fourth-order valence-corrected chi connectivity index (χ4v) is 3.03. The molecule has 0 spiro atoms. The van der Waals surface area contributed by atoms with E-state index in [4.69, 9.17) is 16.3 Å². The van der Waals surface area contributed by atoms with Gasteiger partial charge in [0.25, 0.3) is 5.91 Å². The van der Waals surface area contributed by atoms with E-state index in [1.807, 2.05) is 48.5 Å². The molecule has 0 radical (unpaired) electrons. The molecule has 0 unspecified atom stereocenters. The zero-order chi connectivity index (χ0) is 20.1. The van der Waals surface area contributed by atoms with Crippen LogP contribution in [0.5, 0.6) is 0 Å². The van der Waals surface area contributed by atoms with E-state index < -0.39 is 12.1 Å². The van der Waals surface area contributed by atoms with Crippen molar-refractivity contribution in [3.8, 4) is 0 Å². The Bertz CT molecular complexity index is 1010. The van der Waals surface area contributed by atoms with Gasteiger partial charge in [-0.2, -0.15) is 0 Å². The second kappa shape index (κ2) is 8.71. The molecule has 3 aromatic rings. The van der Waals surface area contributed by atoms with Gasteiger partial charge >= 0.3 is 5.97 Å². The molecule has 0 saturated carbocycles.